The summed E-state index contributed by atoms with van der Waals surface area (Å²) in [6.07, 6.45) is 2.78. The first-order valence-corrected chi connectivity index (χ1v) is 11.5. The molecule has 4 nitrogen and oxygen atoms in total. The third-order valence-corrected chi connectivity index (χ3v) is 8.05. The molecule has 0 unspecified atom stereocenters. The maximum absolute atomic E-state index is 13.6. The molecule has 0 aliphatic carbocycles. The lowest BCUT2D eigenvalue weighted by Crippen LogP contribution is -2.39. The zero-order chi connectivity index (χ0) is 19.0. The van der Waals surface area contributed by atoms with Crippen molar-refractivity contribution in [2.75, 3.05) is 13.2 Å². The number of benzene rings is 2. The van der Waals surface area contributed by atoms with Crippen LogP contribution in [0, 0.1) is 5.82 Å². The normalized spacial score (nSPS) is 17.9. The van der Waals surface area contributed by atoms with Crippen molar-refractivity contribution >= 4 is 33.4 Å². The third kappa shape index (κ3) is 4.17. The predicted molar refractivity (Wildman–Crippen MR) is 104 cm³/mol. The lowest BCUT2D eigenvalue weighted by atomic mass is 10.0. The average molecular weight is 428 g/mol. The third-order valence-electron chi connectivity index (χ3n) is 4.86. The van der Waals surface area contributed by atoms with Gasteiger partial charge in [-0.15, -0.1) is 0 Å². The molecule has 0 amide bonds. The molecule has 144 valence electrons. The maximum Gasteiger partial charge on any atom is 0.242 e. The first kappa shape index (κ1) is 19.2. The van der Waals surface area contributed by atoms with Crippen LogP contribution >= 0.6 is 23.4 Å². The molecule has 0 saturated carbocycles. The van der Waals surface area contributed by atoms with E-state index in [1.807, 2.05) is 0 Å². The number of hydrogen-bond acceptors (Lipinski definition) is 4. The van der Waals surface area contributed by atoms with Crippen LogP contribution in [-0.2, 0) is 27.6 Å². The van der Waals surface area contributed by atoms with Crippen molar-refractivity contribution in [3.63, 3.8) is 0 Å². The summed E-state index contributed by atoms with van der Waals surface area (Å²) in [5.41, 5.74) is 2.03. The highest BCUT2D eigenvalue weighted by Gasteiger charge is 2.26. The van der Waals surface area contributed by atoms with Crippen LogP contribution < -0.4 is 4.72 Å². The molecule has 2 aliphatic heterocycles. The van der Waals surface area contributed by atoms with Gasteiger partial charge >= 0.3 is 0 Å². The first-order valence-electron chi connectivity index (χ1n) is 8.81. The minimum atomic E-state index is -3.75. The fourth-order valence-corrected chi connectivity index (χ4v) is 6.52. The molecule has 1 saturated heterocycles. The van der Waals surface area contributed by atoms with Crippen LogP contribution in [0.1, 0.15) is 24.0 Å². The zero-order valence-corrected chi connectivity index (χ0v) is 16.9. The monoisotopic (exact) mass is 427 g/mol. The van der Waals surface area contributed by atoms with Gasteiger partial charge in [0.05, 0.1) is 5.02 Å². The molecule has 0 spiro atoms. The van der Waals surface area contributed by atoms with Crippen molar-refractivity contribution < 1.29 is 17.5 Å². The van der Waals surface area contributed by atoms with Gasteiger partial charge in [0.15, 0.2) is 0 Å². The van der Waals surface area contributed by atoms with Gasteiger partial charge in [-0.3, -0.25) is 0 Å². The first-order chi connectivity index (χ1) is 12.9. The van der Waals surface area contributed by atoms with Crippen molar-refractivity contribution in [2.24, 2.45) is 0 Å². The Hall–Kier alpha value is -1.12. The topological polar surface area (TPSA) is 55.4 Å². The van der Waals surface area contributed by atoms with Gasteiger partial charge in [0.2, 0.25) is 10.0 Å². The number of aryl methyl sites for hydroxylation is 2. The second-order valence-electron chi connectivity index (χ2n) is 6.75. The summed E-state index contributed by atoms with van der Waals surface area (Å²) in [5.74, 6) is -0.298. The lowest BCUT2D eigenvalue weighted by Gasteiger charge is -2.23. The van der Waals surface area contributed by atoms with Crippen molar-refractivity contribution in [1.29, 1.82) is 0 Å². The fraction of sp³-hybridized carbons (Fsp3) is 0.368. The van der Waals surface area contributed by atoms with E-state index >= 15 is 0 Å². The minimum Gasteiger partial charge on any atom is -0.381 e. The van der Waals surface area contributed by atoms with E-state index in [0.717, 1.165) is 33.8 Å². The van der Waals surface area contributed by atoms with Crippen LogP contribution in [0.25, 0.3) is 0 Å². The molecule has 1 N–H and O–H groups in total. The molecule has 2 aromatic carbocycles. The second-order valence-corrected chi connectivity index (χ2v) is 9.93. The van der Waals surface area contributed by atoms with Gasteiger partial charge in [-0.05, 0) is 61.1 Å². The van der Waals surface area contributed by atoms with Crippen molar-refractivity contribution in [3.05, 3.63) is 52.3 Å². The smallest absolute Gasteiger partial charge is 0.242 e. The van der Waals surface area contributed by atoms with E-state index < -0.39 is 10.0 Å². The van der Waals surface area contributed by atoms with Crippen LogP contribution in [-0.4, -0.2) is 27.7 Å². The van der Waals surface area contributed by atoms with Crippen LogP contribution in [0.3, 0.4) is 0 Å². The number of fused-ring (bicyclic) bond motifs is 2. The molecule has 1 fully saturated rings. The number of nitrogens with one attached hydrogen (secondary N) is 1. The van der Waals surface area contributed by atoms with E-state index in [1.54, 1.807) is 18.2 Å². The summed E-state index contributed by atoms with van der Waals surface area (Å²) < 4.78 is 47.4. The standard InChI is InChI=1S/C19H19ClFNO3S2/c20-16-9-13-2-1-12-3-4-14(21)10-17(12)26-18(13)11-19(16)27(23,24)22-15-5-7-25-8-6-15/h3-4,9-11,15,22H,1-2,5-8H2. The Morgan fingerprint density at radius 1 is 1.07 bits per heavy atom. The Kier molecular flexibility index (Phi) is 5.49. The maximum atomic E-state index is 13.6. The van der Waals surface area contributed by atoms with E-state index in [1.165, 1.54) is 23.9 Å². The lowest BCUT2D eigenvalue weighted by molar-refractivity contribution is 0.0832. The number of hydrogen-bond donors (Lipinski definition) is 1. The molecule has 4 rings (SSSR count). The molecule has 2 aliphatic rings. The van der Waals surface area contributed by atoms with Gasteiger partial charge in [-0.2, -0.15) is 0 Å². The Bertz CT molecular complexity index is 975. The van der Waals surface area contributed by atoms with Gasteiger partial charge in [-0.1, -0.05) is 29.4 Å². The Morgan fingerprint density at radius 3 is 2.56 bits per heavy atom. The van der Waals surface area contributed by atoms with E-state index in [-0.39, 0.29) is 21.8 Å². The summed E-state index contributed by atoms with van der Waals surface area (Å²) >= 11 is 7.73. The molecular weight excluding hydrogens is 409 g/mol. The summed E-state index contributed by atoms with van der Waals surface area (Å²) in [7, 11) is -3.75. The highest BCUT2D eigenvalue weighted by Crippen LogP contribution is 2.40. The summed E-state index contributed by atoms with van der Waals surface area (Å²) in [4.78, 5) is 1.69. The molecule has 0 radical (unpaired) electrons. The van der Waals surface area contributed by atoms with E-state index in [4.69, 9.17) is 16.3 Å². The van der Waals surface area contributed by atoms with Gasteiger partial charge in [0, 0.05) is 29.0 Å². The zero-order valence-electron chi connectivity index (χ0n) is 14.5. The molecule has 0 bridgehead atoms. The number of ether oxygens (including phenoxy) is 1. The minimum absolute atomic E-state index is 0.0711. The highest BCUT2D eigenvalue weighted by atomic mass is 35.5. The summed E-state index contributed by atoms with van der Waals surface area (Å²) in [6, 6.07) is 7.93. The molecule has 2 heterocycles. The van der Waals surface area contributed by atoms with Crippen LogP contribution in [0.5, 0.6) is 0 Å². The van der Waals surface area contributed by atoms with Crippen LogP contribution in [0.4, 0.5) is 4.39 Å². The van der Waals surface area contributed by atoms with Crippen LogP contribution in [0.15, 0.2) is 45.0 Å². The van der Waals surface area contributed by atoms with E-state index in [0.29, 0.717) is 26.1 Å². The van der Waals surface area contributed by atoms with Gasteiger partial charge < -0.3 is 4.74 Å². The van der Waals surface area contributed by atoms with Gasteiger partial charge in [0.1, 0.15) is 10.7 Å². The van der Waals surface area contributed by atoms with Gasteiger partial charge in [0.25, 0.3) is 0 Å². The Morgan fingerprint density at radius 2 is 1.78 bits per heavy atom. The number of sulfonamides is 1. The SMILES string of the molecule is O=S(=O)(NC1CCOCC1)c1cc2c(cc1Cl)CCc1ccc(F)cc1S2. The molecule has 0 atom stereocenters. The van der Waals surface area contributed by atoms with Gasteiger partial charge in [-0.25, -0.2) is 17.5 Å². The Labute approximate surface area is 167 Å². The predicted octanol–water partition coefficient (Wildman–Crippen LogP) is 4.19. The Balaban J connectivity index is 1.68. The number of rotatable bonds is 3. The average Bonchev–Trinajstić information content (AvgIpc) is 2.80. The second kappa shape index (κ2) is 7.72. The largest absolute Gasteiger partial charge is 0.381 e. The summed E-state index contributed by atoms with van der Waals surface area (Å²) in [5, 5.41) is 0.214. The van der Waals surface area contributed by atoms with Crippen molar-refractivity contribution in [3.8, 4) is 0 Å². The molecule has 27 heavy (non-hydrogen) atoms. The molecule has 0 aromatic heterocycles. The quantitative estimate of drug-likeness (QED) is 0.798. The van der Waals surface area contributed by atoms with E-state index in [2.05, 4.69) is 4.72 Å². The molecular formula is C19H19ClFNO3S2. The highest BCUT2D eigenvalue weighted by molar-refractivity contribution is 7.99. The van der Waals surface area contributed by atoms with Crippen LogP contribution in [0.2, 0.25) is 5.02 Å². The molecule has 2 aromatic rings. The number of halogens is 2. The molecule has 8 heteroatoms. The summed E-state index contributed by atoms with van der Waals surface area (Å²) in [6.45, 7) is 1.09. The van der Waals surface area contributed by atoms with Crippen molar-refractivity contribution in [2.45, 2.75) is 46.4 Å². The van der Waals surface area contributed by atoms with Crippen molar-refractivity contribution in [1.82, 2.24) is 4.72 Å². The fourth-order valence-electron chi connectivity index (χ4n) is 3.39. The van der Waals surface area contributed by atoms with E-state index in [9.17, 15) is 12.8 Å².